The molecule has 4 heterocycles. The Morgan fingerprint density at radius 2 is 1.87 bits per heavy atom. The summed E-state index contributed by atoms with van der Waals surface area (Å²) in [6.07, 6.45) is 6.70. The maximum Gasteiger partial charge on any atom is 0.253 e. The van der Waals surface area contributed by atoms with Gasteiger partial charge in [0.25, 0.3) is 11.8 Å². The van der Waals surface area contributed by atoms with Crippen molar-refractivity contribution in [3.05, 3.63) is 120 Å². The number of rotatable bonds is 7. The zero-order valence-corrected chi connectivity index (χ0v) is 24.4. The highest BCUT2D eigenvalue weighted by molar-refractivity contribution is 6.08. The molecule has 0 bridgehead atoms. The number of benzene rings is 2. The summed E-state index contributed by atoms with van der Waals surface area (Å²) in [6.45, 7) is 5.31. The van der Waals surface area contributed by atoms with Crippen molar-refractivity contribution >= 4 is 34.5 Å². The van der Waals surface area contributed by atoms with E-state index >= 15 is 0 Å². The Bertz CT molecular complexity index is 2110. The highest BCUT2D eigenvalue weighted by atomic mass is 16.2. The van der Waals surface area contributed by atoms with Gasteiger partial charge in [-0.1, -0.05) is 24.8 Å². The summed E-state index contributed by atoms with van der Waals surface area (Å²) in [7, 11) is 0. The number of anilines is 2. The normalized spacial score (nSPS) is 13.8. The van der Waals surface area contributed by atoms with E-state index in [1.807, 2.05) is 53.2 Å². The third-order valence-corrected chi connectivity index (χ3v) is 7.88. The third kappa shape index (κ3) is 5.10. The van der Waals surface area contributed by atoms with Crippen LogP contribution in [0.3, 0.4) is 0 Å². The average Bonchev–Trinajstić information content (AvgIpc) is 3.80. The van der Waals surface area contributed by atoms with E-state index in [0.717, 1.165) is 29.7 Å². The molecule has 11 nitrogen and oxygen atoms in total. The van der Waals surface area contributed by atoms with Crippen molar-refractivity contribution < 1.29 is 9.59 Å². The van der Waals surface area contributed by atoms with E-state index in [2.05, 4.69) is 33.4 Å². The summed E-state index contributed by atoms with van der Waals surface area (Å²) < 4.78 is 3.69. The number of fused-ring (bicyclic) bond motifs is 2. The minimum absolute atomic E-state index is 0.191. The van der Waals surface area contributed by atoms with Crippen LogP contribution in [0.5, 0.6) is 0 Å². The monoisotopic (exact) mass is 595 g/mol. The second kappa shape index (κ2) is 11.2. The smallest absolute Gasteiger partial charge is 0.253 e. The molecule has 0 saturated heterocycles. The summed E-state index contributed by atoms with van der Waals surface area (Å²) in [4.78, 5) is 39.8. The lowest BCUT2D eigenvalue weighted by Gasteiger charge is -2.17. The molecule has 1 aliphatic carbocycles. The van der Waals surface area contributed by atoms with Crippen molar-refractivity contribution in [3.63, 3.8) is 0 Å². The van der Waals surface area contributed by atoms with Gasteiger partial charge in [-0.25, -0.2) is 19.6 Å². The molecule has 0 saturated carbocycles. The van der Waals surface area contributed by atoms with Crippen LogP contribution in [0.4, 0.5) is 11.5 Å². The zero-order valence-electron chi connectivity index (χ0n) is 24.4. The zero-order chi connectivity index (χ0) is 31.1. The van der Waals surface area contributed by atoms with Crippen LogP contribution in [0.2, 0.25) is 0 Å². The number of pyridine rings is 2. The first-order chi connectivity index (χ1) is 21.9. The van der Waals surface area contributed by atoms with E-state index in [4.69, 9.17) is 15.7 Å². The summed E-state index contributed by atoms with van der Waals surface area (Å²) >= 11 is 0. The second-order valence-corrected chi connectivity index (χ2v) is 10.9. The molecular weight excluding hydrogens is 566 g/mol. The van der Waals surface area contributed by atoms with Crippen molar-refractivity contribution in [3.8, 4) is 22.9 Å². The number of nitrogens with zero attached hydrogens (tertiary/aromatic N) is 6. The van der Waals surface area contributed by atoms with Gasteiger partial charge < -0.3 is 16.4 Å². The predicted molar refractivity (Wildman–Crippen MR) is 172 cm³/mol. The van der Waals surface area contributed by atoms with Gasteiger partial charge in [0, 0.05) is 29.9 Å². The van der Waals surface area contributed by atoms with E-state index in [9.17, 15) is 9.59 Å². The Morgan fingerprint density at radius 1 is 1.00 bits per heavy atom. The first-order valence-electron chi connectivity index (χ1n) is 14.5. The Kier molecular flexibility index (Phi) is 6.89. The number of amides is 2. The van der Waals surface area contributed by atoms with Gasteiger partial charge in [-0.2, -0.15) is 5.10 Å². The predicted octanol–water partition coefficient (Wildman–Crippen LogP) is 5.18. The quantitative estimate of drug-likeness (QED) is 0.216. The molecule has 11 heteroatoms. The number of hydrogen-bond acceptors (Lipinski definition) is 7. The third-order valence-electron chi connectivity index (χ3n) is 7.88. The molecule has 2 aromatic carbocycles. The summed E-state index contributed by atoms with van der Waals surface area (Å²) in [5.74, 6) is 1.05. The Balaban J connectivity index is 1.25. The molecule has 2 amide bonds. The minimum Gasteiger partial charge on any atom is -0.383 e. The van der Waals surface area contributed by atoms with Gasteiger partial charge in [-0.15, -0.1) is 0 Å². The van der Waals surface area contributed by atoms with Crippen LogP contribution in [0.25, 0.3) is 34.1 Å². The molecule has 0 radical (unpaired) electrons. The van der Waals surface area contributed by atoms with Crippen LogP contribution >= 0.6 is 0 Å². The number of aryl methyl sites for hydroxylation is 1. The van der Waals surface area contributed by atoms with E-state index < -0.39 is 0 Å². The molecule has 7 rings (SSSR count). The number of nitrogens with two attached hydrogens (primary N) is 1. The van der Waals surface area contributed by atoms with Crippen molar-refractivity contribution in [2.24, 2.45) is 0 Å². The molecule has 0 aliphatic heterocycles. The van der Waals surface area contributed by atoms with Crippen molar-refractivity contribution in [2.75, 3.05) is 11.1 Å². The van der Waals surface area contributed by atoms with E-state index in [0.29, 0.717) is 51.0 Å². The van der Waals surface area contributed by atoms with E-state index in [-0.39, 0.29) is 17.9 Å². The fourth-order valence-electron chi connectivity index (χ4n) is 5.66. The summed E-state index contributed by atoms with van der Waals surface area (Å²) in [5, 5.41) is 10.3. The number of aromatic nitrogens is 6. The number of hydrogen-bond donors (Lipinski definition) is 3. The standard InChI is InChI=1S/C34H29N9O2/c1-20(2)33(44)39-26-9-4-3-7-24(26)34(45)40-27-13-10-21-19-22(11-12-23(21)27)43-31(25-8-5-16-36-30(25)35)38-28-14-15-29(41-32(28)43)42-18-6-17-37-42/h3-9,11-12,14-19,27H,1,10,13H2,2H3,(H2,35,36)(H,39,44)(H,40,45)/t27-/m0/s1. The van der Waals surface area contributed by atoms with Gasteiger partial charge in [0.05, 0.1) is 22.9 Å². The fraction of sp³-hybridized carbons (Fsp3) is 0.118. The summed E-state index contributed by atoms with van der Waals surface area (Å²) in [5.41, 5.74) is 12.6. The van der Waals surface area contributed by atoms with Crippen molar-refractivity contribution in [1.82, 2.24) is 34.6 Å². The number of carbonyl (C=O) groups is 2. The lowest BCUT2D eigenvalue weighted by Crippen LogP contribution is -2.28. The number of nitrogen functional groups attached to an aromatic ring is 1. The molecule has 6 aromatic rings. The number of carbonyl (C=O) groups excluding carboxylic acids is 2. The molecular formula is C34H29N9O2. The fourth-order valence-corrected chi connectivity index (χ4v) is 5.66. The van der Waals surface area contributed by atoms with Gasteiger partial charge in [0.2, 0.25) is 0 Å². The minimum atomic E-state index is -0.334. The first-order valence-corrected chi connectivity index (χ1v) is 14.5. The summed E-state index contributed by atoms with van der Waals surface area (Å²) in [6, 6.07) is 22.3. The van der Waals surface area contributed by atoms with Crippen LogP contribution in [0.1, 0.15) is 40.9 Å². The second-order valence-electron chi connectivity index (χ2n) is 10.9. The maximum absolute atomic E-state index is 13.4. The highest BCUT2D eigenvalue weighted by Crippen LogP contribution is 2.36. The average molecular weight is 596 g/mol. The molecule has 0 spiro atoms. The molecule has 45 heavy (non-hydrogen) atoms. The van der Waals surface area contributed by atoms with E-state index in [1.165, 1.54) is 0 Å². The van der Waals surface area contributed by atoms with Crippen LogP contribution in [-0.2, 0) is 11.2 Å². The van der Waals surface area contributed by atoms with Crippen LogP contribution < -0.4 is 16.4 Å². The SMILES string of the molecule is C=C(C)C(=O)Nc1ccccc1C(=O)N[C@H]1CCc2cc(-n3c(-c4cccnc4N)nc4ccc(-n5cccn5)nc43)ccc21. The van der Waals surface area contributed by atoms with Crippen molar-refractivity contribution in [2.45, 2.75) is 25.8 Å². The lowest BCUT2D eigenvalue weighted by atomic mass is 10.1. The van der Waals surface area contributed by atoms with Gasteiger partial charge in [-0.3, -0.25) is 14.2 Å². The molecule has 0 fully saturated rings. The highest BCUT2D eigenvalue weighted by Gasteiger charge is 2.27. The Hall–Kier alpha value is -6.10. The molecule has 4 aromatic heterocycles. The van der Waals surface area contributed by atoms with Gasteiger partial charge in [-0.05, 0) is 85.5 Å². The van der Waals surface area contributed by atoms with E-state index in [1.54, 1.807) is 48.3 Å². The molecule has 222 valence electrons. The van der Waals surface area contributed by atoms with Crippen LogP contribution in [0, 0.1) is 0 Å². The number of imidazole rings is 1. The molecule has 0 unspecified atom stereocenters. The van der Waals surface area contributed by atoms with Crippen LogP contribution in [-0.4, -0.2) is 41.1 Å². The Labute approximate surface area is 258 Å². The molecule has 1 aliphatic rings. The molecule has 1 atom stereocenters. The van der Waals surface area contributed by atoms with Gasteiger partial charge in [0.1, 0.15) is 11.3 Å². The van der Waals surface area contributed by atoms with Gasteiger partial charge >= 0.3 is 0 Å². The number of nitrogens with one attached hydrogen (secondary N) is 2. The Morgan fingerprint density at radius 3 is 2.67 bits per heavy atom. The van der Waals surface area contributed by atoms with Crippen molar-refractivity contribution in [1.29, 1.82) is 0 Å². The topological polar surface area (TPSA) is 146 Å². The lowest BCUT2D eigenvalue weighted by molar-refractivity contribution is -0.112. The van der Waals surface area contributed by atoms with Crippen LogP contribution in [0.15, 0.2) is 104 Å². The largest absolute Gasteiger partial charge is 0.383 e. The number of para-hydroxylation sites is 1. The van der Waals surface area contributed by atoms with Gasteiger partial charge in [0.15, 0.2) is 17.3 Å². The molecule has 4 N–H and O–H groups in total. The maximum atomic E-state index is 13.4. The first kappa shape index (κ1) is 27.7.